The number of fused-ring (bicyclic) bond motifs is 2. The largest absolute Gasteiger partial charge is 0.354 e. The minimum Gasteiger partial charge on any atom is -0.354 e. The molecule has 1 saturated heterocycles. The highest BCUT2D eigenvalue weighted by Gasteiger charge is 2.25. The Morgan fingerprint density at radius 1 is 1.13 bits per heavy atom. The summed E-state index contributed by atoms with van der Waals surface area (Å²) >= 11 is 0. The lowest BCUT2D eigenvalue weighted by Crippen LogP contribution is -2.47. The maximum Gasteiger partial charge on any atom is 0.223 e. The van der Waals surface area contributed by atoms with E-state index in [0.29, 0.717) is 13.0 Å². The fourth-order valence-electron chi connectivity index (χ4n) is 4.54. The molecule has 0 radical (unpaired) electrons. The highest BCUT2D eigenvalue weighted by Crippen LogP contribution is 2.31. The van der Waals surface area contributed by atoms with Gasteiger partial charge in [0.25, 0.3) is 0 Å². The Kier molecular flexibility index (Phi) is 4.90. The highest BCUT2D eigenvalue weighted by molar-refractivity contribution is 5.93. The Morgan fingerprint density at radius 3 is 2.73 bits per heavy atom. The van der Waals surface area contributed by atoms with Crippen molar-refractivity contribution in [2.45, 2.75) is 19.8 Å². The van der Waals surface area contributed by atoms with Crippen LogP contribution in [-0.4, -0.2) is 55.2 Å². The first-order valence-corrected chi connectivity index (χ1v) is 10.5. The molecule has 3 aromatic rings. The Bertz CT molecular complexity index is 1090. The molecular weight excluding hydrogens is 383 g/mol. The number of benzene rings is 2. The molecule has 1 amide bonds. The van der Waals surface area contributed by atoms with Crippen LogP contribution in [0.25, 0.3) is 11.0 Å². The number of hydrogen-bond donors (Lipinski definition) is 0. The minimum atomic E-state index is -0.213. The third-order valence-corrected chi connectivity index (χ3v) is 6.25. The lowest BCUT2D eigenvalue weighted by molar-refractivity contribution is -0.116. The highest BCUT2D eigenvalue weighted by atomic mass is 19.1. The van der Waals surface area contributed by atoms with Crippen LogP contribution in [0.3, 0.4) is 0 Å². The van der Waals surface area contributed by atoms with E-state index in [4.69, 9.17) is 4.52 Å². The van der Waals surface area contributed by atoms with E-state index in [2.05, 4.69) is 15.0 Å². The van der Waals surface area contributed by atoms with Gasteiger partial charge in [0.2, 0.25) is 5.91 Å². The Labute approximate surface area is 174 Å². The van der Waals surface area contributed by atoms with E-state index >= 15 is 0 Å². The van der Waals surface area contributed by atoms with Crippen LogP contribution in [0, 0.1) is 5.82 Å². The number of piperazine rings is 1. The third-order valence-electron chi connectivity index (χ3n) is 6.25. The second-order valence-electron chi connectivity index (χ2n) is 8.07. The van der Waals surface area contributed by atoms with Crippen molar-refractivity contribution in [3.05, 3.63) is 53.3 Å². The van der Waals surface area contributed by atoms with Gasteiger partial charge in [0.1, 0.15) is 5.82 Å². The zero-order valence-electron chi connectivity index (χ0n) is 17.1. The van der Waals surface area contributed by atoms with Gasteiger partial charge in [-0.25, -0.2) is 4.39 Å². The summed E-state index contributed by atoms with van der Waals surface area (Å²) in [5.74, 6) is 0.665. The fourth-order valence-corrected chi connectivity index (χ4v) is 4.54. The van der Waals surface area contributed by atoms with Gasteiger partial charge in [-0.05, 0) is 42.2 Å². The normalized spacial score (nSPS) is 17.0. The number of para-hydroxylation sites is 1. The molecule has 3 heterocycles. The van der Waals surface area contributed by atoms with E-state index in [-0.39, 0.29) is 11.7 Å². The molecule has 2 aromatic carbocycles. The molecule has 1 aromatic heterocycles. The van der Waals surface area contributed by atoms with Crippen molar-refractivity contribution in [2.24, 2.45) is 0 Å². The summed E-state index contributed by atoms with van der Waals surface area (Å²) in [4.78, 5) is 18.0. The maximum atomic E-state index is 14.6. The number of anilines is 2. The molecule has 0 saturated carbocycles. The van der Waals surface area contributed by atoms with Gasteiger partial charge in [-0.1, -0.05) is 23.4 Å². The van der Waals surface area contributed by atoms with Crippen LogP contribution < -0.4 is 9.80 Å². The summed E-state index contributed by atoms with van der Waals surface area (Å²) in [6, 6.07) is 11.4. The topological polar surface area (TPSA) is 52.8 Å². The first-order chi connectivity index (χ1) is 14.6. The molecule has 2 aliphatic rings. The average Bonchev–Trinajstić information content (AvgIpc) is 3.36. The molecule has 0 spiro atoms. The van der Waals surface area contributed by atoms with Crippen molar-refractivity contribution in [2.75, 3.05) is 49.1 Å². The number of amides is 1. The predicted molar refractivity (Wildman–Crippen MR) is 114 cm³/mol. The number of carbonyl (C=O) groups excluding carboxylic acids is 1. The second kappa shape index (κ2) is 7.72. The van der Waals surface area contributed by atoms with Crippen LogP contribution in [0.5, 0.6) is 0 Å². The quantitative estimate of drug-likeness (QED) is 0.663. The first kappa shape index (κ1) is 19.1. The molecule has 5 rings (SSSR count). The van der Waals surface area contributed by atoms with Gasteiger partial charge in [0, 0.05) is 51.9 Å². The smallest absolute Gasteiger partial charge is 0.223 e. The van der Waals surface area contributed by atoms with Crippen LogP contribution in [-0.2, 0) is 17.6 Å². The molecule has 2 aliphatic heterocycles. The van der Waals surface area contributed by atoms with Gasteiger partial charge in [-0.2, -0.15) is 0 Å². The second-order valence-corrected chi connectivity index (χ2v) is 8.07. The number of carbonyl (C=O) groups is 1. The standard InChI is InChI=1S/C23H25FN4O2/c1-16(29)28-9-7-18-14-17(20(24)15-21(18)28)6-8-26-10-12-27(13-11-26)23-19-4-2-3-5-22(19)30-25-23/h2-5,14-15H,6-13H2,1H3. The Morgan fingerprint density at radius 2 is 1.93 bits per heavy atom. The lowest BCUT2D eigenvalue weighted by Gasteiger charge is -2.34. The van der Waals surface area contributed by atoms with E-state index < -0.39 is 0 Å². The van der Waals surface area contributed by atoms with Crippen molar-refractivity contribution in [3.8, 4) is 0 Å². The van der Waals surface area contributed by atoms with Gasteiger partial charge in [-0.3, -0.25) is 9.69 Å². The van der Waals surface area contributed by atoms with Crippen molar-refractivity contribution < 1.29 is 13.7 Å². The van der Waals surface area contributed by atoms with Gasteiger partial charge in [0.15, 0.2) is 11.4 Å². The molecular formula is C23H25FN4O2. The molecule has 30 heavy (non-hydrogen) atoms. The van der Waals surface area contributed by atoms with Crippen LogP contribution in [0.2, 0.25) is 0 Å². The Hall–Kier alpha value is -2.93. The number of aromatic nitrogens is 1. The molecule has 0 aliphatic carbocycles. The molecule has 0 bridgehead atoms. The number of hydrogen-bond acceptors (Lipinski definition) is 5. The SMILES string of the molecule is CC(=O)N1CCc2cc(CCN3CCN(c4noc5ccccc45)CC3)c(F)cc21. The Balaban J connectivity index is 1.20. The number of halogens is 1. The molecule has 0 N–H and O–H groups in total. The van der Waals surface area contributed by atoms with Crippen molar-refractivity contribution in [1.82, 2.24) is 10.1 Å². The lowest BCUT2D eigenvalue weighted by atomic mass is 10.0. The third kappa shape index (κ3) is 3.43. The van der Waals surface area contributed by atoms with Crippen molar-refractivity contribution in [3.63, 3.8) is 0 Å². The fraction of sp³-hybridized carbons (Fsp3) is 0.391. The molecule has 7 heteroatoms. The summed E-state index contributed by atoms with van der Waals surface area (Å²) in [5, 5.41) is 5.30. The van der Waals surface area contributed by atoms with E-state index in [1.54, 1.807) is 4.90 Å². The summed E-state index contributed by atoms with van der Waals surface area (Å²) in [7, 11) is 0. The summed E-state index contributed by atoms with van der Waals surface area (Å²) < 4.78 is 20.1. The molecule has 0 unspecified atom stereocenters. The molecule has 0 atom stereocenters. The van der Waals surface area contributed by atoms with E-state index in [1.807, 2.05) is 30.3 Å². The number of nitrogens with zero attached hydrogens (tertiary/aromatic N) is 4. The molecule has 6 nitrogen and oxygen atoms in total. The summed E-state index contributed by atoms with van der Waals surface area (Å²) in [6.45, 7) is 6.56. The maximum absolute atomic E-state index is 14.6. The molecule has 156 valence electrons. The van der Waals surface area contributed by atoms with Crippen LogP contribution in [0.4, 0.5) is 15.9 Å². The van der Waals surface area contributed by atoms with E-state index in [1.165, 1.54) is 13.0 Å². The summed E-state index contributed by atoms with van der Waals surface area (Å²) in [6.07, 6.45) is 1.47. The van der Waals surface area contributed by atoms with Crippen LogP contribution in [0.1, 0.15) is 18.1 Å². The summed E-state index contributed by atoms with van der Waals surface area (Å²) in [5.41, 5.74) is 3.36. The number of rotatable bonds is 4. The van der Waals surface area contributed by atoms with E-state index in [9.17, 15) is 9.18 Å². The van der Waals surface area contributed by atoms with Crippen LogP contribution in [0.15, 0.2) is 40.9 Å². The van der Waals surface area contributed by atoms with Gasteiger partial charge in [-0.15, -0.1) is 0 Å². The average molecular weight is 408 g/mol. The zero-order chi connectivity index (χ0) is 20.7. The first-order valence-electron chi connectivity index (χ1n) is 10.5. The van der Waals surface area contributed by atoms with Gasteiger partial charge < -0.3 is 14.3 Å². The zero-order valence-corrected chi connectivity index (χ0v) is 17.1. The monoisotopic (exact) mass is 408 g/mol. The van der Waals surface area contributed by atoms with E-state index in [0.717, 1.165) is 72.7 Å². The van der Waals surface area contributed by atoms with Gasteiger partial charge in [0.05, 0.1) is 5.39 Å². The minimum absolute atomic E-state index is 0.0290. The molecule has 1 fully saturated rings. The predicted octanol–water partition coefficient (Wildman–Crippen LogP) is 3.24. The van der Waals surface area contributed by atoms with Crippen LogP contribution >= 0.6 is 0 Å². The van der Waals surface area contributed by atoms with Crippen molar-refractivity contribution >= 4 is 28.4 Å². The van der Waals surface area contributed by atoms with Gasteiger partial charge >= 0.3 is 0 Å². The van der Waals surface area contributed by atoms with Crippen molar-refractivity contribution in [1.29, 1.82) is 0 Å².